The third-order valence-electron chi connectivity index (χ3n) is 3.15. The number of aliphatic carboxylic acids is 1. The van der Waals surface area contributed by atoms with Gasteiger partial charge in [0.15, 0.2) is 6.20 Å². The molecule has 10 heteroatoms. The fraction of sp³-hybridized carbons (Fsp3) is 0.133. The van der Waals surface area contributed by atoms with Crippen LogP contribution in [0.25, 0.3) is 0 Å². The number of nitrogens with one attached hydrogen (secondary N) is 1. The largest absolute Gasteiger partial charge is 0.618 e. The summed E-state index contributed by atoms with van der Waals surface area (Å²) in [6.45, 7) is 0. The number of nitrogens with zero attached hydrogens (tertiary/aromatic N) is 1. The topological polar surface area (TPSA) is 127 Å². The first-order valence-electron chi connectivity index (χ1n) is 6.94. The van der Waals surface area contributed by atoms with Gasteiger partial charge in [-0.3, -0.25) is 9.59 Å². The van der Waals surface area contributed by atoms with Gasteiger partial charge in [0.1, 0.15) is 11.4 Å². The van der Waals surface area contributed by atoms with Crippen molar-refractivity contribution in [2.24, 2.45) is 0 Å². The zero-order valence-corrected chi connectivity index (χ0v) is 13.5. The van der Waals surface area contributed by atoms with Crippen LogP contribution in [-0.2, 0) is 14.6 Å². The summed E-state index contributed by atoms with van der Waals surface area (Å²) in [5.74, 6) is -3.21. The van der Waals surface area contributed by atoms with Crippen LogP contribution in [-0.4, -0.2) is 31.2 Å². The number of benzene rings is 1. The molecule has 0 aliphatic rings. The number of aromatic nitrogens is 1. The van der Waals surface area contributed by atoms with Gasteiger partial charge in [-0.15, -0.1) is 0 Å². The maximum Gasteiger partial charge on any atom is 0.308 e. The highest BCUT2D eigenvalue weighted by Gasteiger charge is 2.25. The Bertz CT molecular complexity index is 912. The minimum absolute atomic E-state index is 0.00322. The van der Waals surface area contributed by atoms with Gasteiger partial charge in [0.2, 0.25) is 9.84 Å². The summed E-state index contributed by atoms with van der Waals surface area (Å²) in [5.41, 5.74) is 0.179. The second-order valence-corrected chi connectivity index (χ2v) is 7.06. The smallest absolute Gasteiger partial charge is 0.308 e. The van der Waals surface area contributed by atoms with Gasteiger partial charge in [0, 0.05) is 11.8 Å². The van der Waals surface area contributed by atoms with Crippen molar-refractivity contribution in [2.75, 3.05) is 11.1 Å². The van der Waals surface area contributed by atoms with Crippen molar-refractivity contribution >= 4 is 27.4 Å². The molecule has 0 saturated carbocycles. The van der Waals surface area contributed by atoms with Gasteiger partial charge in [0.25, 0.3) is 5.91 Å². The average molecular weight is 368 g/mol. The molecule has 0 spiro atoms. The zero-order valence-electron chi connectivity index (χ0n) is 12.7. The summed E-state index contributed by atoms with van der Waals surface area (Å²) in [7, 11) is -4.10. The van der Waals surface area contributed by atoms with Crippen LogP contribution >= 0.6 is 0 Å². The van der Waals surface area contributed by atoms with Gasteiger partial charge in [-0.25, -0.2) is 12.8 Å². The number of hydrogen-bond donors (Lipinski definition) is 2. The lowest BCUT2D eigenvalue weighted by molar-refractivity contribution is -0.646. The minimum Gasteiger partial charge on any atom is -0.618 e. The van der Waals surface area contributed by atoms with Crippen molar-refractivity contribution in [1.82, 2.24) is 0 Å². The van der Waals surface area contributed by atoms with Crippen molar-refractivity contribution in [1.29, 1.82) is 0 Å². The van der Waals surface area contributed by atoms with Crippen LogP contribution in [0.2, 0.25) is 0 Å². The van der Waals surface area contributed by atoms with Crippen LogP contribution in [0.1, 0.15) is 16.8 Å². The summed E-state index contributed by atoms with van der Waals surface area (Å²) < 4.78 is 36.7. The van der Waals surface area contributed by atoms with E-state index in [2.05, 4.69) is 5.32 Å². The predicted molar refractivity (Wildman–Crippen MR) is 84.1 cm³/mol. The third kappa shape index (κ3) is 4.73. The summed E-state index contributed by atoms with van der Waals surface area (Å²) >= 11 is 0. The summed E-state index contributed by atoms with van der Waals surface area (Å²) in [6, 6.07) is 6.99. The molecule has 1 heterocycles. The Morgan fingerprint density at radius 2 is 1.80 bits per heavy atom. The Kier molecular flexibility index (Phi) is 5.32. The number of halogens is 1. The maximum absolute atomic E-state index is 12.8. The molecular weight excluding hydrogens is 355 g/mol. The molecule has 1 amide bonds. The number of hydrogen-bond acceptors (Lipinski definition) is 5. The molecule has 0 saturated heterocycles. The van der Waals surface area contributed by atoms with E-state index in [-0.39, 0.29) is 10.3 Å². The van der Waals surface area contributed by atoms with Crippen LogP contribution in [0.4, 0.5) is 10.1 Å². The monoisotopic (exact) mass is 368 g/mol. The Labute approximate surface area is 142 Å². The third-order valence-corrected chi connectivity index (χ3v) is 4.84. The highest BCUT2D eigenvalue weighted by Crippen LogP contribution is 2.12. The number of carbonyl (C=O) groups excluding carboxylic acids is 1. The minimum atomic E-state index is -4.10. The second kappa shape index (κ2) is 7.26. The molecule has 2 rings (SSSR count). The molecule has 1 aromatic carbocycles. The number of carboxylic acids is 1. The molecule has 25 heavy (non-hydrogen) atoms. The molecule has 8 nitrogen and oxygen atoms in total. The van der Waals surface area contributed by atoms with E-state index in [0.717, 1.165) is 30.5 Å². The zero-order chi connectivity index (χ0) is 18.6. The van der Waals surface area contributed by atoms with Gasteiger partial charge in [-0.2, -0.15) is 4.73 Å². The molecule has 132 valence electrons. The molecule has 0 aliphatic carbocycles. The molecule has 2 aromatic rings. The van der Waals surface area contributed by atoms with Crippen molar-refractivity contribution < 1.29 is 32.2 Å². The quantitative estimate of drug-likeness (QED) is 0.577. The first kappa shape index (κ1) is 18.3. The van der Waals surface area contributed by atoms with E-state index in [9.17, 15) is 27.6 Å². The van der Waals surface area contributed by atoms with Crippen molar-refractivity contribution in [3.63, 3.8) is 0 Å². The van der Waals surface area contributed by atoms with Crippen LogP contribution in [0, 0.1) is 11.0 Å². The molecule has 2 N–H and O–H groups in total. The van der Waals surface area contributed by atoms with Gasteiger partial charge in [-0.1, -0.05) is 0 Å². The Hall–Kier alpha value is -3.01. The highest BCUT2D eigenvalue weighted by molar-refractivity contribution is 7.91. The van der Waals surface area contributed by atoms with Crippen molar-refractivity contribution in [2.45, 2.75) is 11.4 Å². The number of anilines is 1. The van der Waals surface area contributed by atoms with Crippen molar-refractivity contribution in [3.8, 4) is 0 Å². The molecular formula is C15H13FN2O6S. The van der Waals surface area contributed by atoms with Gasteiger partial charge in [0.05, 0.1) is 12.2 Å². The molecule has 0 fully saturated rings. The van der Waals surface area contributed by atoms with E-state index in [4.69, 9.17) is 5.11 Å². The fourth-order valence-corrected chi connectivity index (χ4v) is 3.16. The lowest BCUT2D eigenvalue weighted by atomic mass is 10.2. The number of sulfone groups is 1. The summed E-state index contributed by atoms with van der Waals surface area (Å²) in [6.07, 6.45) is 0.127. The fourth-order valence-electron chi connectivity index (χ4n) is 1.91. The normalized spacial score (nSPS) is 11.1. The van der Waals surface area contributed by atoms with E-state index < -0.39 is 44.7 Å². The van der Waals surface area contributed by atoms with E-state index in [1.165, 1.54) is 12.1 Å². The average Bonchev–Trinajstić information content (AvgIpc) is 2.55. The van der Waals surface area contributed by atoms with E-state index in [1.54, 1.807) is 0 Å². The lowest BCUT2D eigenvalue weighted by Crippen LogP contribution is -2.36. The van der Waals surface area contributed by atoms with Gasteiger partial charge >= 0.3 is 11.0 Å². The van der Waals surface area contributed by atoms with Crippen LogP contribution < -0.4 is 10.0 Å². The van der Waals surface area contributed by atoms with Gasteiger partial charge < -0.3 is 15.6 Å². The Morgan fingerprint density at radius 3 is 2.36 bits per heavy atom. The molecule has 0 radical (unpaired) electrons. The highest BCUT2D eigenvalue weighted by atomic mass is 32.2. The van der Waals surface area contributed by atoms with Crippen LogP contribution in [0.5, 0.6) is 0 Å². The molecule has 0 atom stereocenters. The standard InChI is InChI=1S/C15H13FN2O6S/c16-11-2-4-12(5-3-11)17-15(21)10-1-6-13(18(22)9-10)25(23,24)8-7-14(19)20/h1-6,9H,7-8H2,(H,17,21)(H,19,20). The predicted octanol–water partition coefficient (Wildman–Crippen LogP) is 0.960. The summed E-state index contributed by atoms with van der Waals surface area (Å²) in [5, 5.41) is 22.2. The van der Waals surface area contributed by atoms with Gasteiger partial charge in [-0.05, 0) is 30.3 Å². The number of carbonyl (C=O) groups is 2. The Morgan fingerprint density at radius 1 is 1.16 bits per heavy atom. The number of carboxylic acid groups (broad SMARTS) is 1. The number of amides is 1. The lowest BCUT2D eigenvalue weighted by Gasteiger charge is -2.08. The first-order valence-corrected chi connectivity index (χ1v) is 8.59. The van der Waals surface area contributed by atoms with Crippen molar-refractivity contribution in [3.05, 3.63) is 59.2 Å². The first-order chi connectivity index (χ1) is 11.7. The van der Waals surface area contributed by atoms with E-state index in [0.29, 0.717) is 5.69 Å². The summed E-state index contributed by atoms with van der Waals surface area (Å²) in [4.78, 5) is 22.5. The number of rotatable bonds is 6. The molecule has 1 aromatic heterocycles. The van der Waals surface area contributed by atoms with Crippen LogP contribution in [0.15, 0.2) is 47.6 Å². The maximum atomic E-state index is 12.8. The SMILES string of the molecule is O=C(O)CCS(=O)(=O)c1ccc(C(=O)Nc2ccc(F)cc2)c[n+]1[O-]. The second-order valence-electron chi connectivity index (χ2n) is 5.01. The molecule has 0 unspecified atom stereocenters. The molecule has 0 bridgehead atoms. The Balaban J connectivity index is 2.19. The van der Waals surface area contributed by atoms with Crippen LogP contribution in [0.3, 0.4) is 0 Å². The number of pyridine rings is 1. The molecule has 0 aliphatic heterocycles. The van der Waals surface area contributed by atoms with E-state index >= 15 is 0 Å². The van der Waals surface area contributed by atoms with E-state index in [1.807, 2.05) is 0 Å².